The topological polar surface area (TPSA) is 58.2 Å². The fraction of sp³-hybridized carbons (Fsp3) is 0.600. The number of piperidine rings is 1. The largest absolute Gasteiger partial charge is 0.316 e. The fourth-order valence-electron chi connectivity index (χ4n) is 1.81. The van der Waals surface area contributed by atoms with Crippen LogP contribution in [0.3, 0.4) is 0 Å². The van der Waals surface area contributed by atoms with Crippen molar-refractivity contribution in [2.75, 3.05) is 19.6 Å². The van der Waals surface area contributed by atoms with Gasteiger partial charge >= 0.3 is 0 Å². The van der Waals surface area contributed by atoms with Gasteiger partial charge in [-0.15, -0.1) is 11.3 Å². The van der Waals surface area contributed by atoms with E-state index >= 15 is 0 Å². The zero-order chi connectivity index (χ0) is 11.4. The molecule has 0 aromatic carbocycles. The zero-order valence-electron chi connectivity index (χ0n) is 8.98. The van der Waals surface area contributed by atoms with Crippen LogP contribution in [0.5, 0.6) is 0 Å². The predicted octanol–water partition coefficient (Wildman–Crippen LogP) is 1.03. The predicted molar refractivity (Wildman–Crippen MR) is 65.1 cm³/mol. The molecular weight excluding hydrogens is 244 g/mol. The number of rotatable bonds is 4. The van der Waals surface area contributed by atoms with Gasteiger partial charge in [0.1, 0.15) is 4.21 Å². The Labute approximate surface area is 100 Å². The van der Waals surface area contributed by atoms with Crippen molar-refractivity contribution >= 4 is 21.4 Å². The molecule has 0 spiro atoms. The second-order valence-electron chi connectivity index (χ2n) is 4.00. The zero-order valence-corrected chi connectivity index (χ0v) is 10.6. The lowest BCUT2D eigenvalue weighted by atomic mass is 10.0. The molecular formula is C10H16N2O2S2. The van der Waals surface area contributed by atoms with Crippen LogP contribution in [0.1, 0.15) is 12.8 Å². The molecule has 6 heteroatoms. The minimum absolute atomic E-state index is 0.399. The molecule has 0 unspecified atom stereocenters. The summed E-state index contributed by atoms with van der Waals surface area (Å²) in [6.45, 7) is 2.49. The first-order valence-corrected chi connectivity index (χ1v) is 7.78. The standard InChI is InChI=1S/C10H16N2O2S2/c13-16(14,10-4-2-6-15-10)12-8-9-3-1-5-11-7-9/h2,4,6,9,11-12H,1,3,5,7-8H2/t9-/m1/s1. The highest BCUT2D eigenvalue weighted by Crippen LogP contribution is 2.16. The van der Waals surface area contributed by atoms with Crippen molar-refractivity contribution in [1.82, 2.24) is 10.0 Å². The van der Waals surface area contributed by atoms with E-state index in [2.05, 4.69) is 10.0 Å². The number of hydrogen-bond donors (Lipinski definition) is 2. The van der Waals surface area contributed by atoms with E-state index in [9.17, 15) is 8.42 Å². The van der Waals surface area contributed by atoms with Crippen molar-refractivity contribution in [3.8, 4) is 0 Å². The van der Waals surface area contributed by atoms with Crippen molar-refractivity contribution in [3.05, 3.63) is 17.5 Å². The molecule has 1 aromatic heterocycles. The molecule has 1 saturated heterocycles. The lowest BCUT2D eigenvalue weighted by Crippen LogP contribution is -2.37. The van der Waals surface area contributed by atoms with Gasteiger partial charge in [-0.05, 0) is 43.3 Å². The molecule has 2 rings (SSSR count). The van der Waals surface area contributed by atoms with Gasteiger partial charge in [-0.2, -0.15) is 0 Å². The minimum Gasteiger partial charge on any atom is -0.316 e. The Morgan fingerprint density at radius 2 is 2.44 bits per heavy atom. The van der Waals surface area contributed by atoms with Crippen LogP contribution in [0.15, 0.2) is 21.7 Å². The third-order valence-corrected chi connectivity index (χ3v) is 5.54. The molecule has 0 bridgehead atoms. The van der Waals surface area contributed by atoms with E-state index in [-0.39, 0.29) is 0 Å². The van der Waals surface area contributed by atoms with Crippen LogP contribution in [-0.4, -0.2) is 28.1 Å². The highest BCUT2D eigenvalue weighted by atomic mass is 32.2. The first-order chi connectivity index (χ1) is 7.68. The number of thiophene rings is 1. The maximum absolute atomic E-state index is 11.8. The summed E-state index contributed by atoms with van der Waals surface area (Å²) in [4.78, 5) is 0. The summed E-state index contributed by atoms with van der Waals surface area (Å²) in [5.74, 6) is 0.420. The molecule has 90 valence electrons. The van der Waals surface area contributed by atoms with Gasteiger partial charge < -0.3 is 5.32 Å². The second kappa shape index (κ2) is 5.27. The Kier molecular flexibility index (Phi) is 3.96. The van der Waals surface area contributed by atoms with Gasteiger partial charge in [0.25, 0.3) is 0 Å². The Bertz CT molecular complexity index is 408. The summed E-state index contributed by atoms with van der Waals surface area (Å²) in [5, 5.41) is 5.05. The number of nitrogens with one attached hydrogen (secondary N) is 2. The molecule has 0 amide bonds. The highest BCUT2D eigenvalue weighted by molar-refractivity contribution is 7.91. The molecule has 4 nitrogen and oxygen atoms in total. The van der Waals surface area contributed by atoms with Gasteiger partial charge in [-0.3, -0.25) is 0 Å². The van der Waals surface area contributed by atoms with E-state index in [0.29, 0.717) is 16.7 Å². The van der Waals surface area contributed by atoms with E-state index in [1.807, 2.05) is 0 Å². The van der Waals surface area contributed by atoms with Gasteiger partial charge in [0.2, 0.25) is 10.0 Å². The lowest BCUT2D eigenvalue weighted by molar-refractivity contribution is 0.376. The Morgan fingerprint density at radius 3 is 3.06 bits per heavy atom. The van der Waals surface area contributed by atoms with Gasteiger partial charge in [0, 0.05) is 6.54 Å². The molecule has 16 heavy (non-hydrogen) atoms. The summed E-state index contributed by atoms with van der Waals surface area (Å²) >= 11 is 1.25. The molecule has 1 aliphatic rings. The van der Waals surface area contributed by atoms with Crippen molar-refractivity contribution in [1.29, 1.82) is 0 Å². The average Bonchev–Trinajstić information content (AvgIpc) is 2.82. The van der Waals surface area contributed by atoms with Crippen LogP contribution < -0.4 is 10.0 Å². The highest BCUT2D eigenvalue weighted by Gasteiger charge is 2.18. The monoisotopic (exact) mass is 260 g/mol. The molecule has 2 heterocycles. The summed E-state index contributed by atoms with van der Waals surface area (Å²) in [6, 6.07) is 3.38. The third kappa shape index (κ3) is 3.04. The molecule has 1 aliphatic heterocycles. The summed E-state index contributed by atoms with van der Waals surface area (Å²) in [5.41, 5.74) is 0. The number of hydrogen-bond acceptors (Lipinski definition) is 4. The van der Waals surface area contributed by atoms with E-state index < -0.39 is 10.0 Å². The first-order valence-electron chi connectivity index (χ1n) is 5.42. The van der Waals surface area contributed by atoms with Gasteiger partial charge in [0.15, 0.2) is 0 Å². The van der Waals surface area contributed by atoms with Crippen molar-refractivity contribution in [2.45, 2.75) is 17.1 Å². The van der Waals surface area contributed by atoms with Gasteiger partial charge in [-0.25, -0.2) is 13.1 Å². The first kappa shape index (κ1) is 12.0. The number of sulfonamides is 1. The van der Waals surface area contributed by atoms with E-state index in [0.717, 1.165) is 25.9 Å². The van der Waals surface area contributed by atoms with E-state index in [1.54, 1.807) is 17.5 Å². The molecule has 0 aliphatic carbocycles. The molecule has 1 atom stereocenters. The fourth-order valence-corrected chi connectivity index (χ4v) is 3.97. The maximum Gasteiger partial charge on any atom is 0.250 e. The molecule has 1 aromatic rings. The lowest BCUT2D eigenvalue weighted by Gasteiger charge is -2.22. The SMILES string of the molecule is O=S(=O)(NC[C@@H]1CCCNC1)c1cccs1. The van der Waals surface area contributed by atoms with Crippen LogP contribution >= 0.6 is 11.3 Å². The molecule has 0 radical (unpaired) electrons. The quantitative estimate of drug-likeness (QED) is 0.850. The van der Waals surface area contributed by atoms with Crippen LogP contribution in [-0.2, 0) is 10.0 Å². The Hall–Kier alpha value is -0.430. The van der Waals surface area contributed by atoms with Crippen molar-refractivity contribution < 1.29 is 8.42 Å². The molecule has 0 saturated carbocycles. The van der Waals surface area contributed by atoms with E-state index in [1.165, 1.54) is 11.3 Å². The molecule has 2 N–H and O–H groups in total. The maximum atomic E-state index is 11.8. The normalized spacial score (nSPS) is 22.1. The van der Waals surface area contributed by atoms with Gasteiger partial charge in [-0.1, -0.05) is 6.07 Å². The van der Waals surface area contributed by atoms with Gasteiger partial charge in [0.05, 0.1) is 0 Å². The van der Waals surface area contributed by atoms with E-state index in [4.69, 9.17) is 0 Å². The van der Waals surface area contributed by atoms with Crippen LogP contribution in [0.2, 0.25) is 0 Å². The Morgan fingerprint density at radius 1 is 1.56 bits per heavy atom. The average molecular weight is 260 g/mol. The van der Waals surface area contributed by atoms with Crippen LogP contribution in [0.25, 0.3) is 0 Å². The second-order valence-corrected chi connectivity index (χ2v) is 6.94. The summed E-state index contributed by atoms with van der Waals surface area (Å²) < 4.78 is 26.7. The smallest absolute Gasteiger partial charge is 0.250 e. The van der Waals surface area contributed by atoms with Crippen molar-refractivity contribution in [2.24, 2.45) is 5.92 Å². The van der Waals surface area contributed by atoms with Crippen LogP contribution in [0.4, 0.5) is 0 Å². The minimum atomic E-state index is -3.28. The molecule has 1 fully saturated rings. The van der Waals surface area contributed by atoms with Crippen LogP contribution in [0, 0.1) is 5.92 Å². The third-order valence-electron chi connectivity index (χ3n) is 2.72. The Balaban J connectivity index is 1.89. The van der Waals surface area contributed by atoms with Crippen molar-refractivity contribution in [3.63, 3.8) is 0 Å². The summed E-state index contributed by atoms with van der Waals surface area (Å²) in [7, 11) is -3.28. The summed E-state index contributed by atoms with van der Waals surface area (Å²) in [6.07, 6.45) is 2.23.